The second-order valence-electron chi connectivity index (χ2n) is 5.16. The third-order valence-electron chi connectivity index (χ3n) is 2.42. The van der Waals surface area contributed by atoms with Crippen molar-refractivity contribution in [3.63, 3.8) is 0 Å². The summed E-state index contributed by atoms with van der Waals surface area (Å²) >= 11 is 5.21. The van der Waals surface area contributed by atoms with E-state index in [0.29, 0.717) is 0 Å². The normalized spacial score (nSPS) is 23.9. The van der Waals surface area contributed by atoms with Gasteiger partial charge in [0.25, 0.3) is 0 Å². The summed E-state index contributed by atoms with van der Waals surface area (Å²) in [6.07, 6.45) is -0.747. The summed E-state index contributed by atoms with van der Waals surface area (Å²) in [5, 5.41) is 0. The molecule has 0 saturated carbocycles. The molecule has 1 saturated heterocycles. The van der Waals surface area contributed by atoms with E-state index in [9.17, 15) is 14.0 Å². The number of likely N-dealkylation sites (tertiary alicyclic amines) is 1. The first kappa shape index (κ1) is 15.0. The van der Waals surface area contributed by atoms with Gasteiger partial charge in [-0.25, -0.2) is 14.0 Å². The van der Waals surface area contributed by atoms with Gasteiger partial charge in [-0.3, -0.25) is 0 Å². The van der Waals surface area contributed by atoms with E-state index in [4.69, 9.17) is 16.3 Å². The van der Waals surface area contributed by atoms with Crippen molar-refractivity contribution in [1.82, 2.24) is 4.90 Å². The fourth-order valence-corrected chi connectivity index (χ4v) is 1.70. The Morgan fingerprint density at radius 1 is 1.44 bits per heavy atom. The van der Waals surface area contributed by atoms with Crippen molar-refractivity contribution in [2.45, 2.75) is 38.5 Å². The number of carbonyl (C=O) groups is 2. The van der Waals surface area contributed by atoms with Crippen LogP contribution in [0.4, 0.5) is 9.18 Å². The first-order valence-corrected chi connectivity index (χ1v) is 6.11. The third kappa shape index (κ3) is 3.73. The highest BCUT2D eigenvalue weighted by atomic mass is 35.5. The second kappa shape index (κ2) is 5.30. The molecule has 1 aliphatic rings. The van der Waals surface area contributed by atoms with Crippen LogP contribution in [-0.2, 0) is 14.3 Å². The van der Waals surface area contributed by atoms with Crippen LogP contribution < -0.4 is 0 Å². The molecule has 5 nitrogen and oxygen atoms in total. The van der Waals surface area contributed by atoms with Crippen LogP contribution in [0.2, 0.25) is 0 Å². The fourth-order valence-electron chi connectivity index (χ4n) is 1.60. The molecule has 0 bridgehead atoms. The molecule has 1 fully saturated rings. The van der Waals surface area contributed by atoms with Gasteiger partial charge in [0.2, 0.25) is 5.67 Å². The summed E-state index contributed by atoms with van der Waals surface area (Å²) in [4.78, 5) is 24.2. The smallest absolute Gasteiger partial charge is 0.410 e. The minimum Gasteiger partial charge on any atom is -0.447 e. The van der Waals surface area contributed by atoms with Crippen LogP contribution in [0.25, 0.3) is 0 Å². The maximum Gasteiger partial charge on any atom is 0.410 e. The fraction of sp³-hybridized carbons (Fsp3) is 0.818. The van der Waals surface area contributed by atoms with Gasteiger partial charge in [0.1, 0.15) is 5.60 Å². The molecule has 7 heteroatoms. The van der Waals surface area contributed by atoms with Crippen molar-refractivity contribution in [3.05, 3.63) is 0 Å². The maximum absolute atomic E-state index is 14.2. The van der Waals surface area contributed by atoms with E-state index in [-0.39, 0.29) is 19.5 Å². The zero-order chi connectivity index (χ0) is 14.0. The van der Waals surface area contributed by atoms with Gasteiger partial charge in [-0.05, 0) is 20.8 Å². The van der Waals surface area contributed by atoms with Crippen LogP contribution in [0.15, 0.2) is 0 Å². The summed E-state index contributed by atoms with van der Waals surface area (Å²) in [6.45, 7) is 4.89. The zero-order valence-corrected chi connectivity index (χ0v) is 11.4. The Morgan fingerprint density at radius 3 is 2.56 bits per heavy atom. The number of esters is 1. The number of amides is 1. The molecular weight excluding hydrogens is 265 g/mol. The highest BCUT2D eigenvalue weighted by Crippen LogP contribution is 2.28. The third-order valence-corrected chi connectivity index (χ3v) is 2.53. The Kier molecular flexibility index (Phi) is 4.42. The van der Waals surface area contributed by atoms with E-state index in [0.717, 1.165) is 4.90 Å². The van der Waals surface area contributed by atoms with Gasteiger partial charge in [0, 0.05) is 13.0 Å². The van der Waals surface area contributed by atoms with Gasteiger partial charge in [-0.15, -0.1) is 0 Å². The number of hydrogen-bond donors (Lipinski definition) is 0. The molecular formula is C11H17ClFNO4. The number of ether oxygens (including phenoxy) is 2. The Balaban J connectivity index is 2.60. The monoisotopic (exact) mass is 281 g/mol. The first-order chi connectivity index (χ1) is 8.18. The Morgan fingerprint density at radius 2 is 2.06 bits per heavy atom. The molecule has 1 amide bonds. The molecule has 0 aliphatic carbocycles. The highest BCUT2D eigenvalue weighted by Gasteiger charge is 2.48. The number of alkyl halides is 2. The minimum absolute atomic E-state index is 0.109. The van der Waals surface area contributed by atoms with Crippen molar-refractivity contribution in [2.24, 2.45) is 0 Å². The molecule has 1 aliphatic heterocycles. The van der Waals surface area contributed by atoms with E-state index < -0.39 is 29.4 Å². The summed E-state index contributed by atoms with van der Waals surface area (Å²) in [6, 6.07) is -0.406. The zero-order valence-electron chi connectivity index (χ0n) is 10.7. The lowest BCUT2D eigenvalue weighted by Gasteiger charge is -2.24. The number of rotatable bonds is 2. The van der Waals surface area contributed by atoms with Crippen molar-refractivity contribution in [2.75, 3.05) is 19.2 Å². The Labute approximate surface area is 110 Å². The highest BCUT2D eigenvalue weighted by molar-refractivity contribution is 6.17. The molecule has 0 radical (unpaired) electrons. The molecule has 1 atom stereocenters. The molecule has 0 N–H and O–H groups in total. The topological polar surface area (TPSA) is 55.8 Å². The maximum atomic E-state index is 14.2. The van der Waals surface area contributed by atoms with Crippen LogP contribution in [0.1, 0.15) is 27.2 Å². The van der Waals surface area contributed by atoms with Crippen LogP contribution in [0.3, 0.4) is 0 Å². The molecule has 0 aromatic rings. The number of hydrogen-bond acceptors (Lipinski definition) is 4. The molecule has 1 rings (SSSR count). The van der Waals surface area contributed by atoms with E-state index >= 15 is 0 Å². The summed E-state index contributed by atoms with van der Waals surface area (Å²) in [7, 11) is 0. The summed E-state index contributed by atoms with van der Waals surface area (Å²) in [5.41, 5.74) is -2.85. The van der Waals surface area contributed by atoms with E-state index in [2.05, 4.69) is 4.74 Å². The van der Waals surface area contributed by atoms with E-state index in [1.54, 1.807) is 20.8 Å². The van der Waals surface area contributed by atoms with Gasteiger partial charge in [0.05, 0.1) is 6.54 Å². The molecule has 0 spiro atoms. The molecule has 18 heavy (non-hydrogen) atoms. The average Bonchev–Trinajstić information content (AvgIpc) is 2.60. The molecule has 0 aromatic carbocycles. The van der Waals surface area contributed by atoms with Crippen LogP contribution in [0, 0.1) is 0 Å². The van der Waals surface area contributed by atoms with Gasteiger partial charge < -0.3 is 14.4 Å². The van der Waals surface area contributed by atoms with Crippen molar-refractivity contribution < 1.29 is 23.5 Å². The standard InChI is InChI=1S/C11H17ClFNO4/c1-10(2,3)18-9(16)14-5-4-11(13,6-14)8(15)17-7-12/h4-7H2,1-3H3. The predicted octanol–water partition coefficient (Wildman–Crippen LogP) is 2.08. The average molecular weight is 282 g/mol. The van der Waals surface area contributed by atoms with Gasteiger partial charge in [0.15, 0.2) is 6.07 Å². The summed E-state index contributed by atoms with van der Waals surface area (Å²) in [5.74, 6) is -1.04. The largest absolute Gasteiger partial charge is 0.447 e. The lowest BCUT2D eigenvalue weighted by Crippen LogP contribution is -2.41. The lowest BCUT2D eigenvalue weighted by molar-refractivity contribution is -0.154. The number of nitrogens with zero attached hydrogens (tertiary/aromatic N) is 1. The molecule has 1 unspecified atom stereocenters. The van der Waals surface area contributed by atoms with Gasteiger partial charge >= 0.3 is 12.1 Å². The van der Waals surface area contributed by atoms with Crippen LogP contribution in [0.5, 0.6) is 0 Å². The molecule has 1 heterocycles. The van der Waals surface area contributed by atoms with Crippen molar-refractivity contribution >= 4 is 23.7 Å². The van der Waals surface area contributed by atoms with E-state index in [1.807, 2.05) is 0 Å². The lowest BCUT2D eigenvalue weighted by atomic mass is 10.1. The van der Waals surface area contributed by atoms with Crippen LogP contribution in [-0.4, -0.2) is 47.4 Å². The van der Waals surface area contributed by atoms with Gasteiger partial charge in [-0.2, -0.15) is 0 Å². The molecule has 0 aromatic heterocycles. The number of halogens is 2. The quantitative estimate of drug-likeness (QED) is 0.574. The van der Waals surface area contributed by atoms with Crippen molar-refractivity contribution in [3.8, 4) is 0 Å². The minimum atomic E-state index is -2.19. The van der Waals surface area contributed by atoms with Gasteiger partial charge in [-0.1, -0.05) is 11.6 Å². The van der Waals surface area contributed by atoms with Crippen LogP contribution >= 0.6 is 11.6 Å². The summed E-state index contributed by atoms with van der Waals surface area (Å²) < 4.78 is 23.7. The Hall–Kier alpha value is -1.04. The Bertz CT molecular complexity index is 344. The SMILES string of the molecule is CC(C)(C)OC(=O)N1CCC(F)(C(=O)OCCl)C1. The second-order valence-corrected chi connectivity index (χ2v) is 5.38. The van der Waals surface area contributed by atoms with Crippen molar-refractivity contribution in [1.29, 1.82) is 0 Å². The predicted molar refractivity (Wildman–Crippen MR) is 63.1 cm³/mol. The molecule has 104 valence electrons. The number of carbonyl (C=O) groups excluding carboxylic acids is 2. The van der Waals surface area contributed by atoms with E-state index in [1.165, 1.54) is 0 Å². The first-order valence-electron chi connectivity index (χ1n) is 5.58.